The molecular formula is C12H20N2O. The van der Waals surface area contributed by atoms with Gasteiger partial charge >= 0.3 is 0 Å². The van der Waals surface area contributed by atoms with Crippen molar-refractivity contribution >= 4 is 0 Å². The minimum Gasteiger partial charge on any atom is -0.391 e. The Labute approximate surface area is 91.1 Å². The van der Waals surface area contributed by atoms with Gasteiger partial charge in [-0.1, -0.05) is 12.8 Å². The number of nitrogens with zero attached hydrogens (tertiary/aromatic N) is 2. The van der Waals surface area contributed by atoms with Crippen LogP contribution in [0.25, 0.3) is 0 Å². The fourth-order valence-electron chi connectivity index (χ4n) is 2.45. The maximum absolute atomic E-state index is 9.99. The van der Waals surface area contributed by atoms with E-state index in [1.54, 1.807) is 0 Å². The summed E-state index contributed by atoms with van der Waals surface area (Å²) in [5.74, 6) is 0. The zero-order chi connectivity index (χ0) is 11.0. The summed E-state index contributed by atoms with van der Waals surface area (Å²) >= 11 is 0. The molecule has 1 aliphatic carbocycles. The van der Waals surface area contributed by atoms with Gasteiger partial charge in [0.25, 0.3) is 0 Å². The van der Waals surface area contributed by atoms with Gasteiger partial charge in [-0.15, -0.1) is 0 Å². The normalized spacial score (nSPS) is 26.9. The lowest BCUT2D eigenvalue weighted by molar-refractivity contribution is 0.0682. The SMILES string of the molecule is Cc1nn(C2CCCCC2O)c(C)c1C. The first kappa shape index (κ1) is 10.7. The van der Waals surface area contributed by atoms with Crippen molar-refractivity contribution in [1.29, 1.82) is 0 Å². The van der Waals surface area contributed by atoms with Gasteiger partial charge in [0.2, 0.25) is 0 Å². The van der Waals surface area contributed by atoms with Gasteiger partial charge in [0.15, 0.2) is 0 Å². The molecule has 0 saturated heterocycles. The molecule has 1 aromatic rings. The molecule has 0 amide bonds. The number of aliphatic hydroxyl groups is 1. The predicted octanol–water partition coefficient (Wildman–Crippen LogP) is 2.28. The Bertz CT molecular complexity index is 357. The molecule has 3 nitrogen and oxygen atoms in total. The predicted molar refractivity (Wildman–Crippen MR) is 59.9 cm³/mol. The molecule has 2 atom stereocenters. The van der Waals surface area contributed by atoms with Crippen molar-refractivity contribution in [2.24, 2.45) is 0 Å². The molecule has 15 heavy (non-hydrogen) atoms. The van der Waals surface area contributed by atoms with E-state index in [0.717, 1.165) is 25.0 Å². The van der Waals surface area contributed by atoms with Crippen molar-refractivity contribution in [2.75, 3.05) is 0 Å². The Hall–Kier alpha value is -0.830. The van der Waals surface area contributed by atoms with Crippen molar-refractivity contribution < 1.29 is 5.11 Å². The summed E-state index contributed by atoms with van der Waals surface area (Å²) in [5.41, 5.74) is 3.55. The Morgan fingerprint density at radius 1 is 1.20 bits per heavy atom. The third-order valence-electron chi connectivity index (χ3n) is 3.69. The van der Waals surface area contributed by atoms with Crippen LogP contribution in [0, 0.1) is 20.8 Å². The van der Waals surface area contributed by atoms with Gasteiger partial charge in [-0.3, -0.25) is 4.68 Å². The van der Waals surface area contributed by atoms with Crippen molar-refractivity contribution in [3.05, 3.63) is 17.0 Å². The number of aliphatic hydroxyl groups excluding tert-OH is 1. The lowest BCUT2D eigenvalue weighted by Crippen LogP contribution is -2.29. The van der Waals surface area contributed by atoms with E-state index in [1.807, 2.05) is 11.6 Å². The topological polar surface area (TPSA) is 38.0 Å². The Morgan fingerprint density at radius 3 is 2.40 bits per heavy atom. The smallest absolute Gasteiger partial charge is 0.0781 e. The Balaban J connectivity index is 2.31. The van der Waals surface area contributed by atoms with Crippen molar-refractivity contribution in [3.63, 3.8) is 0 Å². The summed E-state index contributed by atoms with van der Waals surface area (Å²) in [6, 6.07) is 0.200. The van der Waals surface area contributed by atoms with E-state index in [9.17, 15) is 5.11 Å². The number of aromatic nitrogens is 2. The monoisotopic (exact) mass is 208 g/mol. The van der Waals surface area contributed by atoms with Crippen LogP contribution in [-0.4, -0.2) is 21.0 Å². The summed E-state index contributed by atoms with van der Waals surface area (Å²) < 4.78 is 2.04. The van der Waals surface area contributed by atoms with Crippen LogP contribution in [-0.2, 0) is 0 Å². The third-order valence-corrected chi connectivity index (χ3v) is 3.69. The highest BCUT2D eigenvalue weighted by molar-refractivity contribution is 5.22. The van der Waals surface area contributed by atoms with Crippen LogP contribution in [0.5, 0.6) is 0 Å². The molecule has 0 aliphatic heterocycles. The van der Waals surface area contributed by atoms with Gasteiger partial charge in [0.05, 0.1) is 17.8 Å². The lowest BCUT2D eigenvalue weighted by Gasteiger charge is -2.28. The van der Waals surface area contributed by atoms with Gasteiger partial charge < -0.3 is 5.11 Å². The minimum atomic E-state index is -0.212. The lowest BCUT2D eigenvalue weighted by atomic mass is 9.92. The highest BCUT2D eigenvalue weighted by atomic mass is 16.3. The van der Waals surface area contributed by atoms with E-state index < -0.39 is 0 Å². The molecule has 0 spiro atoms. The molecule has 2 rings (SSSR count). The van der Waals surface area contributed by atoms with Crippen LogP contribution in [0.15, 0.2) is 0 Å². The summed E-state index contributed by atoms with van der Waals surface area (Å²) in [6.07, 6.45) is 4.12. The van der Waals surface area contributed by atoms with E-state index in [1.165, 1.54) is 17.7 Å². The average molecular weight is 208 g/mol. The summed E-state index contributed by atoms with van der Waals surface area (Å²) in [7, 11) is 0. The molecular weight excluding hydrogens is 188 g/mol. The van der Waals surface area contributed by atoms with Gasteiger partial charge in [0, 0.05) is 5.69 Å². The molecule has 2 unspecified atom stereocenters. The minimum absolute atomic E-state index is 0.200. The van der Waals surface area contributed by atoms with Crippen molar-refractivity contribution in [2.45, 2.75) is 58.6 Å². The largest absolute Gasteiger partial charge is 0.391 e. The van der Waals surface area contributed by atoms with Crippen molar-refractivity contribution in [3.8, 4) is 0 Å². The zero-order valence-electron chi connectivity index (χ0n) is 9.82. The van der Waals surface area contributed by atoms with Gasteiger partial charge in [0.1, 0.15) is 0 Å². The Kier molecular flexibility index (Phi) is 2.83. The number of hydrogen-bond donors (Lipinski definition) is 1. The molecule has 0 bridgehead atoms. The summed E-state index contributed by atoms with van der Waals surface area (Å²) in [6.45, 7) is 6.23. The van der Waals surface area contributed by atoms with Gasteiger partial charge in [-0.25, -0.2) is 0 Å². The number of aryl methyl sites for hydroxylation is 1. The highest BCUT2D eigenvalue weighted by Gasteiger charge is 2.27. The molecule has 1 saturated carbocycles. The molecule has 0 aromatic carbocycles. The molecule has 1 fully saturated rings. The number of rotatable bonds is 1. The molecule has 84 valence electrons. The zero-order valence-corrected chi connectivity index (χ0v) is 9.82. The quantitative estimate of drug-likeness (QED) is 0.769. The Morgan fingerprint density at radius 2 is 1.87 bits per heavy atom. The second-order valence-corrected chi connectivity index (χ2v) is 4.66. The van der Waals surface area contributed by atoms with E-state index in [2.05, 4.69) is 18.9 Å². The van der Waals surface area contributed by atoms with Crippen LogP contribution in [0.2, 0.25) is 0 Å². The van der Waals surface area contributed by atoms with E-state index in [0.29, 0.717) is 0 Å². The standard InChI is InChI=1S/C12H20N2O/c1-8-9(2)13-14(10(8)3)11-6-4-5-7-12(11)15/h11-12,15H,4-7H2,1-3H3. The molecule has 1 aromatic heterocycles. The average Bonchev–Trinajstić information content (AvgIpc) is 2.47. The first-order valence-corrected chi connectivity index (χ1v) is 5.81. The number of hydrogen-bond acceptors (Lipinski definition) is 2. The van der Waals surface area contributed by atoms with E-state index in [4.69, 9.17) is 0 Å². The fraction of sp³-hybridized carbons (Fsp3) is 0.750. The maximum Gasteiger partial charge on any atom is 0.0781 e. The van der Waals surface area contributed by atoms with Crippen LogP contribution in [0.1, 0.15) is 48.7 Å². The molecule has 3 heteroatoms. The van der Waals surface area contributed by atoms with Gasteiger partial charge in [-0.05, 0) is 39.2 Å². The van der Waals surface area contributed by atoms with E-state index >= 15 is 0 Å². The van der Waals surface area contributed by atoms with Gasteiger partial charge in [-0.2, -0.15) is 5.10 Å². The maximum atomic E-state index is 9.99. The highest BCUT2D eigenvalue weighted by Crippen LogP contribution is 2.30. The third kappa shape index (κ3) is 1.81. The summed E-state index contributed by atoms with van der Waals surface area (Å²) in [5, 5.41) is 14.5. The van der Waals surface area contributed by atoms with Crippen LogP contribution in [0.4, 0.5) is 0 Å². The molecule has 0 radical (unpaired) electrons. The first-order valence-electron chi connectivity index (χ1n) is 5.81. The van der Waals surface area contributed by atoms with Crippen LogP contribution < -0.4 is 0 Å². The summed E-state index contributed by atoms with van der Waals surface area (Å²) in [4.78, 5) is 0. The van der Waals surface area contributed by atoms with Crippen LogP contribution >= 0.6 is 0 Å². The van der Waals surface area contributed by atoms with Crippen LogP contribution in [0.3, 0.4) is 0 Å². The van der Waals surface area contributed by atoms with E-state index in [-0.39, 0.29) is 12.1 Å². The van der Waals surface area contributed by atoms with Crippen molar-refractivity contribution in [1.82, 2.24) is 9.78 Å². The molecule has 1 N–H and O–H groups in total. The first-order chi connectivity index (χ1) is 7.11. The second-order valence-electron chi connectivity index (χ2n) is 4.66. The molecule has 1 heterocycles. The second kappa shape index (κ2) is 3.97. The fourth-order valence-corrected chi connectivity index (χ4v) is 2.45. The molecule has 1 aliphatic rings.